The third-order valence-corrected chi connectivity index (χ3v) is 5.97. The van der Waals surface area contributed by atoms with E-state index in [1.54, 1.807) is 12.1 Å². The van der Waals surface area contributed by atoms with E-state index in [0.717, 1.165) is 32.7 Å². The maximum Gasteiger partial charge on any atom is 0.416 e. The van der Waals surface area contributed by atoms with Gasteiger partial charge in [-0.1, -0.05) is 36.4 Å². The van der Waals surface area contributed by atoms with Crippen LogP contribution < -0.4 is 11.1 Å². The van der Waals surface area contributed by atoms with Gasteiger partial charge in [-0.05, 0) is 29.1 Å². The molecule has 2 amide bonds. The van der Waals surface area contributed by atoms with Crippen LogP contribution in [0.25, 0.3) is 21.3 Å². The number of nitrogens with two attached hydrogens (primary N) is 1. The van der Waals surface area contributed by atoms with E-state index >= 15 is 0 Å². The molecule has 0 radical (unpaired) electrons. The van der Waals surface area contributed by atoms with Crippen LogP contribution in [0.2, 0.25) is 0 Å². The first-order valence-corrected chi connectivity index (χ1v) is 10.6. The van der Waals surface area contributed by atoms with Crippen LogP contribution in [0.4, 0.5) is 13.2 Å². The molecule has 0 unspecified atom stereocenters. The number of carbonyl (C=O) groups excluding carboxylic acids is 2. The van der Waals surface area contributed by atoms with Crippen molar-refractivity contribution in [1.82, 2.24) is 15.3 Å². The fourth-order valence-corrected chi connectivity index (χ4v) is 4.54. The lowest BCUT2D eigenvalue weighted by atomic mass is 10.1. The van der Waals surface area contributed by atoms with Gasteiger partial charge in [0, 0.05) is 27.8 Å². The van der Waals surface area contributed by atoms with Gasteiger partial charge in [0.25, 0.3) is 5.91 Å². The van der Waals surface area contributed by atoms with Crippen molar-refractivity contribution in [1.29, 1.82) is 0 Å². The van der Waals surface area contributed by atoms with Gasteiger partial charge in [0.2, 0.25) is 11.7 Å². The molecule has 0 fully saturated rings. The fraction of sp³-hybridized carbons (Fsp3) is 0.130. The molecule has 3 N–H and O–H groups in total. The molecule has 10 heteroatoms. The minimum atomic E-state index is -4.39. The molecule has 33 heavy (non-hydrogen) atoms. The van der Waals surface area contributed by atoms with Gasteiger partial charge in [-0.2, -0.15) is 13.2 Å². The number of thiophene rings is 1. The van der Waals surface area contributed by atoms with Crippen molar-refractivity contribution in [3.8, 4) is 11.3 Å². The van der Waals surface area contributed by atoms with E-state index in [1.807, 2.05) is 24.3 Å². The number of carbonyl (C=O) groups is 2. The number of amides is 2. The van der Waals surface area contributed by atoms with Crippen LogP contribution in [0, 0.1) is 0 Å². The van der Waals surface area contributed by atoms with Crippen LogP contribution in [0.5, 0.6) is 0 Å². The first kappa shape index (κ1) is 22.4. The van der Waals surface area contributed by atoms with Crippen LogP contribution in [-0.2, 0) is 17.4 Å². The van der Waals surface area contributed by atoms with Gasteiger partial charge in [-0.15, -0.1) is 11.3 Å². The largest absolute Gasteiger partial charge is 0.416 e. The molecule has 0 saturated heterocycles. The second-order valence-corrected chi connectivity index (χ2v) is 8.36. The second-order valence-electron chi connectivity index (χ2n) is 7.23. The zero-order chi connectivity index (χ0) is 23.6. The summed E-state index contributed by atoms with van der Waals surface area (Å²) in [6.07, 6.45) is -2.59. The van der Waals surface area contributed by atoms with E-state index in [1.165, 1.54) is 23.6 Å². The molecular weight excluding hydrogens is 453 g/mol. The molecule has 6 nitrogen and oxygen atoms in total. The molecule has 0 atom stereocenters. The lowest BCUT2D eigenvalue weighted by Gasteiger charge is -2.08. The van der Waals surface area contributed by atoms with E-state index in [2.05, 4.69) is 15.3 Å². The van der Waals surface area contributed by atoms with E-state index in [4.69, 9.17) is 5.73 Å². The maximum atomic E-state index is 13.0. The normalized spacial score (nSPS) is 11.5. The molecule has 0 bridgehead atoms. The van der Waals surface area contributed by atoms with Crippen LogP contribution in [-0.4, -0.2) is 28.3 Å². The summed E-state index contributed by atoms with van der Waals surface area (Å²) >= 11 is 1.45. The van der Waals surface area contributed by atoms with Gasteiger partial charge in [0.1, 0.15) is 0 Å². The van der Waals surface area contributed by atoms with Crippen molar-refractivity contribution < 1.29 is 22.8 Å². The number of alkyl halides is 3. The van der Waals surface area contributed by atoms with Gasteiger partial charge in [-0.25, -0.2) is 9.97 Å². The van der Waals surface area contributed by atoms with Crippen LogP contribution in [0.3, 0.4) is 0 Å². The zero-order valence-corrected chi connectivity index (χ0v) is 17.8. The van der Waals surface area contributed by atoms with Crippen molar-refractivity contribution in [3.63, 3.8) is 0 Å². The van der Waals surface area contributed by atoms with E-state index in [-0.39, 0.29) is 12.4 Å². The fourth-order valence-electron chi connectivity index (χ4n) is 3.33. The Kier molecular flexibility index (Phi) is 6.10. The molecule has 168 valence electrons. The standard InChI is InChI=1S/C23H17F3N4O2S/c24-23(25,26)15-5-1-3-13(9-15)10-16-11-14-4-2-6-17(20(14)33-16)18-7-8-28-21(30-18)22(32)29-12-19(27)31/h1-9,11H,10,12H2,(H2,27,31)(H,29,32). The molecule has 0 aliphatic heterocycles. The number of halogens is 3. The average Bonchev–Trinajstić information content (AvgIpc) is 3.19. The highest BCUT2D eigenvalue weighted by atomic mass is 32.1. The average molecular weight is 470 g/mol. The van der Waals surface area contributed by atoms with Gasteiger partial charge < -0.3 is 11.1 Å². The molecule has 0 saturated carbocycles. The first-order valence-electron chi connectivity index (χ1n) is 9.78. The Morgan fingerprint density at radius 1 is 1.06 bits per heavy atom. The number of hydrogen-bond acceptors (Lipinski definition) is 5. The number of nitrogens with zero attached hydrogens (tertiary/aromatic N) is 2. The monoisotopic (exact) mass is 470 g/mol. The van der Waals surface area contributed by atoms with Crippen LogP contribution in [0.15, 0.2) is 60.8 Å². The van der Waals surface area contributed by atoms with E-state index in [0.29, 0.717) is 17.7 Å². The van der Waals surface area contributed by atoms with Gasteiger partial charge in [-0.3, -0.25) is 9.59 Å². The Labute approximate surface area is 190 Å². The van der Waals surface area contributed by atoms with Crippen LogP contribution in [0.1, 0.15) is 26.6 Å². The smallest absolute Gasteiger partial charge is 0.368 e. The Hall–Kier alpha value is -3.79. The number of nitrogens with one attached hydrogen (secondary N) is 1. The number of aromatic nitrogens is 2. The summed E-state index contributed by atoms with van der Waals surface area (Å²) in [4.78, 5) is 32.2. The molecule has 0 spiro atoms. The number of hydrogen-bond donors (Lipinski definition) is 2. The summed E-state index contributed by atoms with van der Waals surface area (Å²) in [5.41, 5.74) is 6.20. The van der Waals surface area contributed by atoms with Crippen molar-refractivity contribution in [2.45, 2.75) is 12.6 Å². The predicted octanol–water partition coefficient (Wildman–Crippen LogP) is 4.18. The summed E-state index contributed by atoms with van der Waals surface area (Å²) in [5, 5.41) is 3.26. The lowest BCUT2D eigenvalue weighted by Crippen LogP contribution is -2.34. The van der Waals surface area contributed by atoms with Crippen molar-refractivity contribution in [3.05, 3.63) is 82.6 Å². The zero-order valence-electron chi connectivity index (χ0n) is 17.0. The van der Waals surface area contributed by atoms with Gasteiger partial charge in [0.05, 0.1) is 17.8 Å². The van der Waals surface area contributed by atoms with Crippen molar-refractivity contribution >= 4 is 33.2 Å². The van der Waals surface area contributed by atoms with Crippen LogP contribution >= 0.6 is 11.3 Å². The molecule has 0 aliphatic carbocycles. The van der Waals surface area contributed by atoms with E-state index < -0.39 is 23.6 Å². The third-order valence-electron chi connectivity index (χ3n) is 4.79. The second kappa shape index (κ2) is 8.99. The topological polar surface area (TPSA) is 98.0 Å². The summed E-state index contributed by atoms with van der Waals surface area (Å²) in [7, 11) is 0. The highest BCUT2D eigenvalue weighted by Crippen LogP contribution is 2.36. The number of fused-ring (bicyclic) bond motifs is 1. The third kappa shape index (κ3) is 5.17. The minimum absolute atomic E-state index is 0.105. The first-order chi connectivity index (χ1) is 15.7. The number of benzene rings is 2. The van der Waals surface area contributed by atoms with Gasteiger partial charge in [0.15, 0.2) is 0 Å². The number of primary amides is 1. The SMILES string of the molecule is NC(=O)CNC(=O)c1nccc(-c2cccc3cc(Cc4cccc(C(F)(F)F)c4)sc23)n1. The molecule has 2 heterocycles. The molecule has 0 aliphatic rings. The molecular formula is C23H17F3N4O2S. The summed E-state index contributed by atoms with van der Waals surface area (Å²) in [6, 6.07) is 14.5. The Bertz CT molecular complexity index is 1350. The summed E-state index contributed by atoms with van der Waals surface area (Å²) in [5.74, 6) is -1.41. The summed E-state index contributed by atoms with van der Waals surface area (Å²) in [6.45, 7) is -0.328. The Morgan fingerprint density at radius 3 is 2.61 bits per heavy atom. The Balaban J connectivity index is 1.64. The molecule has 2 aromatic carbocycles. The molecule has 2 aromatic heterocycles. The van der Waals surface area contributed by atoms with E-state index in [9.17, 15) is 22.8 Å². The minimum Gasteiger partial charge on any atom is -0.368 e. The highest BCUT2D eigenvalue weighted by molar-refractivity contribution is 7.19. The summed E-state index contributed by atoms with van der Waals surface area (Å²) < 4.78 is 40.0. The van der Waals surface area contributed by atoms with Crippen molar-refractivity contribution in [2.75, 3.05) is 6.54 Å². The number of rotatable bonds is 6. The molecule has 4 rings (SSSR count). The Morgan fingerprint density at radius 2 is 1.85 bits per heavy atom. The van der Waals surface area contributed by atoms with Crippen molar-refractivity contribution in [2.24, 2.45) is 5.73 Å². The quantitative estimate of drug-likeness (QED) is 0.442. The lowest BCUT2D eigenvalue weighted by molar-refractivity contribution is -0.137. The maximum absolute atomic E-state index is 13.0. The predicted molar refractivity (Wildman–Crippen MR) is 119 cm³/mol. The molecule has 4 aromatic rings. The van der Waals surface area contributed by atoms with Gasteiger partial charge >= 0.3 is 6.18 Å². The highest BCUT2D eigenvalue weighted by Gasteiger charge is 2.30.